The maximum atomic E-state index is 13.1. The number of likely N-dealkylation sites (tertiary alicyclic amines) is 1. The van der Waals surface area contributed by atoms with E-state index in [0.29, 0.717) is 17.6 Å². The Morgan fingerprint density at radius 2 is 1.79 bits per heavy atom. The monoisotopic (exact) mass is 326 g/mol. The Bertz CT molecular complexity index is 771. The van der Waals surface area contributed by atoms with Gasteiger partial charge in [-0.2, -0.15) is 0 Å². The van der Waals surface area contributed by atoms with Gasteiger partial charge >= 0.3 is 0 Å². The maximum Gasteiger partial charge on any atom is 0.270 e. The lowest BCUT2D eigenvalue weighted by atomic mass is 10.1. The highest BCUT2D eigenvalue weighted by molar-refractivity contribution is 5.96. The van der Waals surface area contributed by atoms with Gasteiger partial charge in [0.05, 0.1) is 0 Å². The Balaban J connectivity index is 2.06. The van der Waals surface area contributed by atoms with Gasteiger partial charge in [-0.3, -0.25) is 9.59 Å². The Morgan fingerprint density at radius 1 is 1.08 bits per heavy atom. The molecule has 0 N–H and O–H groups in total. The Labute approximate surface area is 143 Å². The van der Waals surface area contributed by atoms with E-state index in [2.05, 4.69) is 6.92 Å². The quantitative estimate of drug-likeness (QED) is 0.857. The summed E-state index contributed by atoms with van der Waals surface area (Å²) in [5.74, 6) is 0.0101. The van der Waals surface area contributed by atoms with Crippen molar-refractivity contribution in [2.45, 2.75) is 52.0 Å². The lowest BCUT2D eigenvalue weighted by Gasteiger charge is -2.23. The van der Waals surface area contributed by atoms with Crippen molar-refractivity contribution in [3.8, 4) is 0 Å². The molecule has 0 bridgehead atoms. The van der Waals surface area contributed by atoms with Crippen LogP contribution < -0.4 is 5.56 Å². The van der Waals surface area contributed by atoms with Crippen LogP contribution in [-0.4, -0.2) is 28.5 Å². The summed E-state index contributed by atoms with van der Waals surface area (Å²) < 4.78 is 1.69. The molecule has 0 aliphatic carbocycles. The van der Waals surface area contributed by atoms with Crippen molar-refractivity contribution in [2.24, 2.45) is 0 Å². The molecule has 1 aromatic heterocycles. The number of pyridine rings is 1. The van der Waals surface area contributed by atoms with Gasteiger partial charge in [0.1, 0.15) is 5.69 Å². The van der Waals surface area contributed by atoms with Gasteiger partial charge in [0.25, 0.3) is 11.5 Å². The largest absolute Gasteiger partial charge is 0.337 e. The lowest BCUT2D eigenvalue weighted by molar-refractivity contribution is 0.0749. The molecule has 4 nitrogen and oxygen atoms in total. The van der Waals surface area contributed by atoms with Gasteiger partial charge in [-0.1, -0.05) is 44.4 Å². The first-order valence-corrected chi connectivity index (χ1v) is 9.14. The summed E-state index contributed by atoms with van der Waals surface area (Å²) in [7, 11) is 0. The van der Waals surface area contributed by atoms with Gasteiger partial charge < -0.3 is 9.47 Å². The predicted octanol–water partition coefficient (Wildman–Crippen LogP) is 3.82. The summed E-state index contributed by atoms with van der Waals surface area (Å²) in [6, 6.07) is 9.46. The van der Waals surface area contributed by atoms with Crippen molar-refractivity contribution in [1.29, 1.82) is 0 Å². The molecule has 1 aromatic carbocycles. The van der Waals surface area contributed by atoms with Crippen LogP contribution in [0.1, 0.15) is 55.9 Å². The van der Waals surface area contributed by atoms with Crippen LogP contribution in [0.4, 0.5) is 0 Å². The summed E-state index contributed by atoms with van der Waals surface area (Å²) in [4.78, 5) is 27.9. The number of carbonyl (C=O) groups excluding carboxylic acids is 1. The molecule has 4 heteroatoms. The third kappa shape index (κ3) is 3.37. The zero-order valence-corrected chi connectivity index (χ0v) is 14.5. The van der Waals surface area contributed by atoms with Crippen molar-refractivity contribution in [3.05, 3.63) is 46.4 Å². The molecular formula is C20H26N2O2. The molecule has 1 amide bonds. The third-order valence-electron chi connectivity index (χ3n) is 4.87. The number of carbonyl (C=O) groups is 1. The number of nitrogens with zero attached hydrogens (tertiary/aromatic N) is 2. The lowest BCUT2D eigenvalue weighted by Crippen LogP contribution is -2.36. The Morgan fingerprint density at radius 3 is 2.50 bits per heavy atom. The fraction of sp³-hybridized carbons (Fsp3) is 0.500. The van der Waals surface area contributed by atoms with Gasteiger partial charge in [-0.05, 0) is 36.8 Å². The fourth-order valence-corrected chi connectivity index (χ4v) is 3.45. The van der Waals surface area contributed by atoms with Crippen LogP contribution in [0.3, 0.4) is 0 Å². The Hall–Kier alpha value is -2.10. The summed E-state index contributed by atoms with van der Waals surface area (Å²) in [5.41, 5.74) is 0.508. The van der Waals surface area contributed by atoms with E-state index in [1.807, 2.05) is 35.2 Å². The second-order valence-corrected chi connectivity index (χ2v) is 6.63. The van der Waals surface area contributed by atoms with Gasteiger partial charge in [-0.25, -0.2) is 0 Å². The van der Waals surface area contributed by atoms with Crippen LogP contribution in [0.25, 0.3) is 10.8 Å². The van der Waals surface area contributed by atoms with Crippen LogP contribution in [0, 0.1) is 0 Å². The number of unbranched alkanes of at least 4 members (excludes halogenated alkanes) is 1. The van der Waals surface area contributed by atoms with Crippen LogP contribution in [-0.2, 0) is 6.54 Å². The van der Waals surface area contributed by atoms with Crippen LogP contribution in [0.2, 0.25) is 0 Å². The van der Waals surface area contributed by atoms with Gasteiger partial charge in [-0.15, -0.1) is 0 Å². The van der Waals surface area contributed by atoms with E-state index in [1.54, 1.807) is 4.57 Å². The molecule has 0 unspecified atom stereocenters. The minimum absolute atomic E-state index is 0.0101. The zero-order chi connectivity index (χ0) is 16.9. The van der Waals surface area contributed by atoms with Crippen LogP contribution in [0.5, 0.6) is 0 Å². The number of benzene rings is 1. The number of hydrogen-bond acceptors (Lipinski definition) is 2. The van der Waals surface area contributed by atoms with Crippen LogP contribution in [0.15, 0.2) is 35.1 Å². The highest BCUT2D eigenvalue weighted by Gasteiger charge is 2.21. The molecule has 2 heterocycles. The number of rotatable bonds is 4. The van der Waals surface area contributed by atoms with E-state index in [9.17, 15) is 9.59 Å². The minimum atomic E-state index is -0.0419. The molecule has 0 radical (unpaired) electrons. The topological polar surface area (TPSA) is 42.3 Å². The zero-order valence-electron chi connectivity index (χ0n) is 14.5. The van der Waals surface area contributed by atoms with Crippen molar-refractivity contribution in [2.75, 3.05) is 13.1 Å². The van der Waals surface area contributed by atoms with E-state index < -0.39 is 0 Å². The summed E-state index contributed by atoms with van der Waals surface area (Å²) >= 11 is 0. The van der Waals surface area contributed by atoms with E-state index >= 15 is 0 Å². The van der Waals surface area contributed by atoms with Crippen molar-refractivity contribution >= 4 is 16.7 Å². The van der Waals surface area contributed by atoms with Crippen molar-refractivity contribution in [1.82, 2.24) is 9.47 Å². The van der Waals surface area contributed by atoms with Gasteiger partial charge in [0.15, 0.2) is 0 Å². The highest BCUT2D eigenvalue weighted by atomic mass is 16.2. The predicted molar refractivity (Wildman–Crippen MR) is 97.5 cm³/mol. The molecule has 128 valence electrons. The molecule has 0 spiro atoms. The Kier molecular flexibility index (Phi) is 5.34. The highest BCUT2D eigenvalue weighted by Crippen LogP contribution is 2.17. The van der Waals surface area contributed by atoms with E-state index in [-0.39, 0.29) is 11.5 Å². The molecule has 0 saturated carbocycles. The third-order valence-corrected chi connectivity index (χ3v) is 4.87. The number of hydrogen-bond donors (Lipinski definition) is 0. The van der Waals surface area contributed by atoms with E-state index in [4.69, 9.17) is 0 Å². The first-order chi connectivity index (χ1) is 11.7. The van der Waals surface area contributed by atoms with Gasteiger partial charge in [0, 0.05) is 25.0 Å². The maximum absolute atomic E-state index is 13.1. The smallest absolute Gasteiger partial charge is 0.270 e. The molecule has 1 fully saturated rings. The van der Waals surface area contributed by atoms with Gasteiger partial charge in [0.2, 0.25) is 0 Å². The number of amides is 1. The van der Waals surface area contributed by atoms with E-state index in [0.717, 1.165) is 44.2 Å². The standard InChI is InChI=1S/C20H26N2O2/c1-2-3-14-22-18(20(24)21-12-8-4-5-9-13-21)15-16-10-6-7-11-17(16)19(22)23/h6-7,10-11,15H,2-5,8-9,12-14H2,1H3. The van der Waals surface area contributed by atoms with Crippen molar-refractivity contribution < 1.29 is 4.79 Å². The van der Waals surface area contributed by atoms with Crippen molar-refractivity contribution in [3.63, 3.8) is 0 Å². The van der Waals surface area contributed by atoms with Crippen LogP contribution >= 0.6 is 0 Å². The minimum Gasteiger partial charge on any atom is -0.337 e. The normalized spacial score (nSPS) is 15.5. The molecule has 24 heavy (non-hydrogen) atoms. The fourth-order valence-electron chi connectivity index (χ4n) is 3.45. The first kappa shape index (κ1) is 16.7. The molecule has 1 saturated heterocycles. The summed E-state index contributed by atoms with van der Waals surface area (Å²) in [6.45, 7) is 4.30. The average Bonchev–Trinajstić information content (AvgIpc) is 2.89. The second kappa shape index (κ2) is 7.65. The molecule has 2 aromatic rings. The number of fused-ring (bicyclic) bond motifs is 1. The van der Waals surface area contributed by atoms with E-state index in [1.165, 1.54) is 12.8 Å². The molecule has 0 atom stereocenters. The summed E-state index contributed by atoms with van der Waals surface area (Å²) in [5, 5.41) is 1.55. The summed E-state index contributed by atoms with van der Waals surface area (Å²) in [6.07, 6.45) is 6.38. The second-order valence-electron chi connectivity index (χ2n) is 6.63. The first-order valence-electron chi connectivity index (χ1n) is 9.14. The average molecular weight is 326 g/mol. The number of aromatic nitrogens is 1. The molecule has 3 rings (SSSR count). The molecular weight excluding hydrogens is 300 g/mol. The SMILES string of the molecule is CCCCn1c(C(=O)N2CCCCCC2)cc2ccccc2c1=O. The molecule has 1 aliphatic heterocycles. The molecule has 1 aliphatic rings.